The van der Waals surface area contributed by atoms with Gasteiger partial charge in [0.25, 0.3) is 0 Å². The standard InChI is InChI=1S/C15H23BrN2OS/c1-10-11(7-13(16)20-10)12(17)8-15(9-14(18)19)5-3-2-4-6-15/h7,12H,2-6,8-9,17H2,1H3,(H2,18,19). The highest BCUT2D eigenvalue weighted by Gasteiger charge is 2.35. The molecule has 0 bridgehead atoms. The van der Waals surface area contributed by atoms with E-state index in [0.29, 0.717) is 6.42 Å². The second-order valence-electron chi connectivity index (χ2n) is 6.08. The number of carbonyl (C=O) groups is 1. The van der Waals surface area contributed by atoms with E-state index in [9.17, 15) is 4.79 Å². The predicted octanol–water partition coefficient (Wildman–Crippen LogP) is 4.03. The monoisotopic (exact) mass is 358 g/mol. The molecule has 1 atom stereocenters. The van der Waals surface area contributed by atoms with E-state index in [4.69, 9.17) is 11.5 Å². The Morgan fingerprint density at radius 2 is 2.10 bits per heavy atom. The third kappa shape index (κ3) is 3.83. The van der Waals surface area contributed by atoms with Crippen molar-refractivity contribution in [2.75, 3.05) is 0 Å². The average molecular weight is 359 g/mol. The fraction of sp³-hybridized carbons (Fsp3) is 0.667. The van der Waals surface area contributed by atoms with Crippen LogP contribution in [0.1, 0.15) is 61.4 Å². The molecule has 1 aliphatic rings. The molecule has 0 spiro atoms. The molecule has 0 saturated heterocycles. The molecule has 2 rings (SSSR count). The molecule has 1 aliphatic carbocycles. The molecular weight excluding hydrogens is 336 g/mol. The van der Waals surface area contributed by atoms with Crippen LogP contribution in [-0.4, -0.2) is 5.91 Å². The Kier molecular flexibility index (Phi) is 5.26. The van der Waals surface area contributed by atoms with Gasteiger partial charge in [-0.05, 0) is 59.2 Å². The van der Waals surface area contributed by atoms with Gasteiger partial charge in [0.15, 0.2) is 0 Å². The van der Waals surface area contributed by atoms with Gasteiger partial charge in [-0.15, -0.1) is 11.3 Å². The van der Waals surface area contributed by atoms with Crippen LogP contribution in [0.2, 0.25) is 0 Å². The van der Waals surface area contributed by atoms with Gasteiger partial charge in [-0.25, -0.2) is 0 Å². The molecule has 0 aliphatic heterocycles. The molecule has 20 heavy (non-hydrogen) atoms. The van der Waals surface area contributed by atoms with Gasteiger partial charge in [0, 0.05) is 17.3 Å². The molecule has 0 radical (unpaired) electrons. The van der Waals surface area contributed by atoms with Gasteiger partial charge in [0.05, 0.1) is 3.79 Å². The quantitative estimate of drug-likeness (QED) is 0.833. The first-order valence-electron chi connectivity index (χ1n) is 7.22. The zero-order valence-corrected chi connectivity index (χ0v) is 14.4. The summed E-state index contributed by atoms with van der Waals surface area (Å²) in [4.78, 5) is 12.7. The zero-order valence-electron chi connectivity index (χ0n) is 12.0. The van der Waals surface area contributed by atoms with Gasteiger partial charge in [-0.3, -0.25) is 4.79 Å². The normalized spacial score (nSPS) is 19.8. The second-order valence-corrected chi connectivity index (χ2v) is 8.71. The number of thiophene rings is 1. The minimum absolute atomic E-state index is 0.00463. The van der Waals surface area contributed by atoms with Crippen molar-refractivity contribution in [2.45, 2.75) is 57.9 Å². The molecule has 1 amide bonds. The number of amides is 1. The van der Waals surface area contributed by atoms with Gasteiger partial charge < -0.3 is 11.5 Å². The maximum Gasteiger partial charge on any atom is 0.217 e. The lowest BCUT2D eigenvalue weighted by molar-refractivity contribution is -0.121. The summed E-state index contributed by atoms with van der Waals surface area (Å²) in [5.41, 5.74) is 13.1. The number of nitrogens with two attached hydrogens (primary N) is 2. The Bertz CT molecular complexity index is 480. The molecule has 112 valence electrons. The maximum absolute atomic E-state index is 11.4. The average Bonchev–Trinajstić information content (AvgIpc) is 2.68. The number of carbonyl (C=O) groups excluding carboxylic acids is 1. The molecule has 1 unspecified atom stereocenters. The van der Waals surface area contributed by atoms with Crippen molar-refractivity contribution in [3.05, 3.63) is 20.3 Å². The molecule has 1 aromatic rings. The first kappa shape index (κ1) is 16.0. The Morgan fingerprint density at radius 1 is 1.45 bits per heavy atom. The minimum Gasteiger partial charge on any atom is -0.370 e. The fourth-order valence-corrected chi connectivity index (χ4v) is 5.31. The van der Waals surface area contributed by atoms with E-state index in [1.54, 1.807) is 11.3 Å². The van der Waals surface area contributed by atoms with Crippen LogP contribution < -0.4 is 11.5 Å². The van der Waals surface area contributed by atoms with Crippen molar-refractivity contribution >= 4 is 33.2 Å². The molecule has 1 saturated carbocycles. The largest absolute Gasteiger partial charge is 0.370 e. The number of hydrogen-bond donors (Lipinski definition) is 2. The summed E-state index contributed by atoms with van der Waals surface area (Å²) < 4.78 is 1.12. The van der Waals surface area contributed by atoms with Gasteiger partial charge in [0.1, 0.15) is 0 Å². The number of rotatable bonds is 5. The van der Waals surface area contributed by atoms with Crippen LogP contribution in [0.25, 0.3) is 0 Å². The summed E-state index contributed by atoms with van der Waals surface area (Å²) in [5, 5.41) is 0. The molecule has 5 heteroatoms. The Morgan fingerprint density at radius 3 is 2.60 bits per heavy atom. The summed E-state index contributed by atoms with van der Waals surface area (Å²) in [6.45, 7) is 2.10. The third-order valence-electron chi connectivity index (χ3n) is 4.44. The van der Waals surface area contributed by atoms with Crippen molar-refractivity contribution in [1.82, 2.24) is 0 Å². The van der Waals surface area contributed by atoms with Crippen LogP contribution in [-0.2, 0) is 4.79 Å². The lowest BCUT2D eigenvalue weighted by Crippen LogP contribution is -2.33. The minimum atomic E-state index is -0.192. The van der Waals surface area contributed by atoms with Gasteiger partial charge in [-0.2, -0.15) is 0 Å². The van der Waals surface area contributed by atoms with Crippen LogP contribution in [0.3, 0.4) is 0 Å². The van der Waals surface area contributed by atoms with E-state index in [1.165, 1.54) is 29.7 Å². The Hall–Kier alpha value is -0.390. The summed E-state index contributed by atoms with van der Waals surface area (Å²) >= 11 is 5.24. The third-order valence-corrected chi connectivity index (χ3v) is 6.01. The topological polar surface area (TPSA) is 69.1 Å². The summed E-state index contributed by atoms with van der Waals surface area (Å²) in [6, 6.07) is 2.11. The zero-order chi connectivity index (χ0) is 14.8. The van der Waals surface area contributed by atoms with Crippen LogP contribution in [0.4, 0.5) is 0 Å². The van der Waals surface area contributed by atoms with E-state index in [-0.39, 0.29) is 17.4 Å². The highest BCUT2D eigenvalue weighted by molar-refractivity contribution is 9.11. The second kappa shape index (κ2) is 6.58. The molecule has 1 fully saturated rings. The van der Waals surface area contributed by atoms with Crippen LogP contribution in [0, 0.1) is 12.3 Å². The molecular formula is C15H23BrN2OS. The first-order chi connectivity index (χ1) is 9.42. The lowest BCUT2D eigenvalue weighted by atomic mass is 9.67. The van der Waals surface area contributed by atoms with Gasteiger partial charge in [-0.1, -0.05) is 19.3 Å². The highest BCUT2D eigenvalue weighted by Crippen LogP contribution is 2.46. The maximum atomic E-state index is 11.4. The number of aryl methyl sites for hydroxylation is 1. The molecule has 0 aromatic carbocycles. The molecule has 1 aromatic heterocycles. The van der Waals surface area contributed by atoms with Crippen LogP contribution in [0.5, 0.6) is 0 Å². The number of hydrogen-bond acceptors (Lipinski definition) is 3. The van der Waals surface area contributed by atoms with Crippen molar-refractivity contribution in [3.8, 4) is 0 Å². The molecule has 1 heterocycles. The lowest BCUT2D eigenvalue weighted by Gasteiger charge is -2.38. The van der Waals surface area contributed by atoms with Crippen molar-refractivity contribution < 1.29 is 4.79 Å². The SMILES string of the molecule is Cc1sc(Br)cc1C(N)CC1(CC(N)=O)CCCCC1. The van der Waals surface area contributed by atoms with E-state index in [0.717, 1.165) is 23.0 Å². The van der Waals surface area contributed by atoms with Crippen molar-refractivity contribution in [2.24, 2.45) is 16.9 Å². The Labute approximate surface area is 133 Å². The van der Waals surface area contributed by atoms with Crippen LogP contribution in [0.15, 0.2) is 9.85 Å². The van der Waals surface area contributed by atoms with Gasteiger partial charge in [0.2, 0.25) is 5.91 Å². The van der Waals surface area contributed by atoms with E-state index in [1.807, 2.05) is 0 Å². The number of halogens is 1. The van der Waals surface area contributed by atoms with Crippen LogP contribution >= 0.6 is 27.3 Å². The summed E-state index contributed by atoms with van der Waals surface area (Å²) in [6.07, 6.45) is 7.13. The van der Waals surface area contributed by atoms with E-state index >= 15 is 0 Å². The summed E-state index contributed by atoms with van der Waals surface area (Å²) in [5.74, 6) is -0.192. The molecule has 4 N–H and O–H groups in total. The summed E-state index contributed by atoms with van der Waals surface area (Å²) in [7, 11) is 0. The van der Waals surface area contributed by atoms with E-state index < -0.39 is 0 Å². The van der Waals surface area contributed by atoms with Crippen molar-refractivity contribution in [3.63, 3.8) is 0 Å². The first-order valence-corrected chi connectivity index (χ1v) is 8.82. The molecule has 3 nitrogen and oxygen atoms in total. The Balaban J connectivity index is 2.14. The predicted molar refractivity (Wildman–Crippen MR) is 87.6 cm³/mol. The number of primary amides is 1. The van der Waals surface area contributed by atoms with E-state index in [2.05, 4.69) is 28.9 Å². The smallest absolute Gasteiger partial charge is 0.217 e. The fourth-order valence-electron chi connectivity index (χ4n) is 3.53. The van der Waals surface area contributed by atoms with Crippen molar-refractivity contribution in [1.29, 1.82) is 0 Å². The van der Waals surface area contributed by atoms with Gasteiger partial charge >= 0.3 is 0 Å². The highest BCUT2D eigenvalue weighted by atomic mass is 79.9.